The second kappa shape index (κ2) is 19.9. The van der Waals surface area contributed by atoms with Gasteiger partial charge in [0.1, 0.15) is 23.0 Å². The van der Waals surface area contributed by atoms with Gasteiger partial charge < -0.3 is 18.9 Å². The van der Waals surface area contributed by atoms with Gasteiger partial charge in [0.25, 0.3) is 0 Å². The van der Waals surface area contributed by atoms with E-state index in [1.165, 1.54) is 66.8 Å². The van der Waals surface area contributed by atoms with Gasteiger partial charge in [-0.15, -0.1) is 0 Å². The average Bonchev–Trinajstić information content (AvgIpc) is 3.15. The van der Waals surface area contributed by atoms with Gasteiger partial charge in [0.05, 0.1) is 26.4 Å². The molecule has 0 aromatic heterocycles. The molecule has 1 aliphatic carbocycles. The zero-order chi connectivity index (χ0) is 44.9. The molecule has 0 radical (unpaired) electrons. The minimum absolute atomic E-state index is 0.0771. The molecule has 4 aromatic carbocycles. The maximum atomic E-state index is 7.01. The fourth-order valence-corrected chi connectivity index (χ4v) is 8.43. The van der Waals surface area contributed by atoms with E-state index in [2.05, 4.69) is 168 Å². The Hall–Kier alpha value is -3.44. The SMILES string of the molecule is CCCOc1c2cc(C(C)(C)C)cc1Cc1cc(C(C)(C)C)cc(c1OCCC)Cc1cc(C(C)(C)C)cc(c1OCCCBr)Cc1cc(C(C)(C)C)cc(c1OCCC)C2. The third-order valence-corrected chi connectivity index (χ3v) is 12.4. The van der Waals surface area contributed by atoms with Gasteiger partial charge in [-0.1, -0.05) is 168 Å². The lowest BCUT2D eigenvalue weighted by molar-refractivity contribution is 0.304. The number of halogens is 1. The maximum Gasteiger partial charge on any atom is 0.126 e. The van der Waals surface area contributed by atoms with Gasteiger partial charge in [-0.3, -0.25) is 0 Å². The normalized spacial score (nSPS) is 13.6. The highest BCUT2D eigenvalue weighted by atomic mass is 79.9. The topological polar surface area (TPSA) is 36.9 Å². The Morgan fingerprint density at radius 1 is 0.361 bits per heavy atom. The van der Waals surface area contributed by atoms with E-state index >= 15 is 0 Å². The molecule has 0 N–H and O–H groups in total. The summed E-state index contributed by atoms with van der Waals surface area (Å²) in [5.41, 5.74) is 14.6. The van der Waals surface area contributed by atoms with Crippen molar-refractivity contribution in [1.29, 1.82) is 0 Å². The molecular weight excluding hydrogens is 817 g/mol. The van der Waals surface area contributed by atoms with Crippen molar-refractivity contribution >= 4 is 15.9 Å². The summed E-state index contributed by atoms with van der Waals surface area (Å²) < 4.78 is 27.9. The molecule has 334 valence electrons. The Morgan fingerprint density at radius 3 is 0.721 bits per heavy atom. The molecule has 0 amide bonds. The minimum atomic E-state index is -0.0823. The lowest BCUT2D eigenvalue weighted by Gasteiger charge is -2.29. The summed E-state index contributed by atoms with van der Waals surface area (Å²) in [4.78, 5) is 0. The summed E-state index contributed by atoms with van der Waals surface area (Å²) >= 11 is 3.69. The van der Waals surface area contributed by atoms with Crippen LogP contribution in [0.5, 0.6) is 23.0 Å². The highest BCUT2D eigenvalue weighted by molar-refractivity contribution is 9.09. The van der Waals surface area contributed by atoms with E-state index in [4.69, 9.17) is 18.9 Å². The first kappa shape index (κ1) is 48.6. The summed E-state index contributed by atoms with van der Waals surface area (Å²) in [6.45, 7) is 37.1. The number of alkyl halides is 1. The second-order valence-corrected chi connectivity index (χ2v) is 22.4. The number of hydrogen-bond donors (Lipinski definition) is 0. The highest BCUT2D eigenvalue weighted by Gasteiger charge is 2.29. The van der Waals surface area contributed by atoms with Gasteiger partial charge in [-0.2, -0.15) is 0 Å². The number of rotatable bonds is 13. The van der Waals surface area contributed by atoms with Gasteiger partial charge in [0.15, 0.2) is 0 Å². The lowest BCUT2D eigenvalue weighted by Crippen LogP contribution is -2.18. The van der Waals surface area contributed by atoms with Crippen LogP contribution in [0, 0.1) is 0 Å². The van der Waals surface area contributed by atoms with Crippen molar-refractivity contribution in [2.75, 3.05) is 31.8 Å². The summed E-state index contributed by atoms with van der Waals surface area (Å²) in [5.74, 6) is 3.98. The van der Waals surface area contributed by atoms with Crippen molar-refractivity contribution in [3.05, 3.63) is 115 Å². The predicted molar refractivity (Wildman–Crippen MR) is 263 cm³/mol. The Kier molecular flexibility index (Phi) is 15.9. The zero-order valence-corrected chi connectivity index (χ0v) is 42.4. The molecule has 1 aliphatic rings. The lowest BCUT2D eigenvalue weighted by atomic mass is 9.79. The van der Waals surface area contributed by atoms with Gasteiger partial charge >= 0.3 is 0 Å². The van der Waals surface area contributed by atoms with Crippen LogP contribution in [0.3, 0.4) is 0 Å². The minimum Gasteiger partial charge on any atom is -0.493 e. The van der Waals surface area contributed by atoms with Crippen LogP contribution in [-0.2, 0) is 47.3 Å². The zero-order valence-electron chi connectivity index (χ0n) is 40.8. The Morgan fingerprint density at radius 2 is 0.557 bits per heavy atom. The van der Waals surface area contributed by atoms with E-state index in [9.17, 15) is 0 Å². The number of hydrogen-bond acceptors (Lipinski definition) is 4. The largest absolute Gasteiger partial charge is 0.493 e. The molecule has 0 saturated carbocycles. The van der Waals surface area contributed by atoms with Gasteiger partial charge in [-0.25, -0.2) is 0 Å². The Bertz CT molecular complexity index is 1990. The van der Waals surface area contributed by atoms with Gasteiger partial charge in [0, 0.05) is 31.0 Å². The first-order valence-electron chi connectivity index (χ1n) is 23.3. The summed E-state index contributed by atoms with van der Waals surface area (Å²) in [5, 5.41) is 0.886. The molecule has 0 aliphatic heterocycles. The van der Waals surface area contributed by atoms with Crippen molar-refractivity contribution in [3.63, 3.8) is 0 Å². The highest BCUT2D eigenvalue weighted by Crippen LogP contribution is 2.44. The molecule has 0 unspecified atom stereocenters. The quantitative estimate of drug-likeness (QED) is 0.0872. The van der Waals surface area contributed by atoms with E-state index in [0.717, 1.165) is 54.0 Å². The van der Waals surface area contributed by atoms with Crippen LogP contribution in [-0.4, -0.2) is 31.8 Å². The van der Waals surface area contributed by atoms with Crippen LogP contribution < -0.4 is 18.9 Å². The van der Waals surface area contributed by atoms with Gasteiger partial charge in [-0.05, 0) is 114 Å². The Balaban J connectivity index is 2.01. The number of benzene rings is 4. The van der Waals surface area contributed by atoms with Crippen molar-refractivity contribution < 1.29 is 18.9 Å². The predicted octanol–water partition coefficient (Wildman–Crippen LogP) is 15.1. The smallest absolute Gasteiger partial charge is 0.126 e. The number of fused-ring (bicyclic) bond motifs is 8. The molecule has 0 fully saturated rings. The molecule has 8 bridgehead atoms. The molecule has 61 heavy (non-hydrogen) atoms. The van der Waals surface area contributed by atoms with E-state index in [0.29, 0.717) is 52.1 Å². The van der Waals surface area contributed by atoms with E-state index in [1.54, 1.807) is 0 Å². The van der Waals surface area contributed by atoms with Crippen LogP contribution in [0.4, 0.5) is 0 Å². The summed E-state index contributed by atoms with van der Waals surface area (Å²) in [6, 6.07) is 19.4. The van der Waals surface area contributed by atoms with Crippen molar-refractivity contribution in [3.8, 4) is 23.0 Å². The summed E-state index contributed by atoms with van der Waals surface area (Å²) in [7, 11) is 0. The average molecular weight is 896 g/mol. The molecule has 5 rings (SSSR count). The van der Waals surface area contributed by atoms with E-state index in [1.807, 2.05) is 0 Å². The monoisotopic (exact) mass is 895 g/mol. The second-order valence-electron chi connectivity index (χ2n) is 21.6. The van der Waals surface area contributed by atoms with E-state index in [-0.39, 0.29) is 21.7 Å². The third kappa shape index (κ3) is 12.2. The standard InChI is InChI=1S/C56H79BrO4/c1-16-21-58-49-37-25-39-31-46(54(7,8)9)33-41(50(39)59-22-17-2)27-43-35-48(56(13,14)15)36-44(52(43)61-24-19-20-57)28-42-34-47(55(10,11)12)32-40(51(42)60-23-18-3)26-38(49)30-45(29-37)53(4,5)6/h29-36H,16-28H2,1-15H3. The van der Waals surface area contributed by atoms with Crippen LogP contribution in [0.25, 0.3) is 0 Å². The molecule has 0 spiro atoms. The molecular formula is C56H79BrO4. The number of ether oxygens (including phenoxy) is 4. The Labute approximate surface area is 380 Å². The fraction of sp³-hybridized carbons (Fsp3) is 0.571. The van der Waals surface area contributed by atoms with Crippen LogP contribution >= 0.6 is 15.9 Å². The molecule has 4 aromatic rings. The molecule has 0 heterocycles. The first-order chi connectivity index (χ1) is 28.6. The van der Waals surface area contributed by atoms with Crippen molar-refractivity contribution in [2.24, 2.45) is 0 Å². The van der Waals surface area contributed by atoms with Gasteiger partial charge in [0.2, 0.25) is 0 Å². The van der Waals surface area contributed by atoms with Crippen molar-refractivity contribution in [2.45, 2.75) is 177 Å². The van der Waals surface area contributed by atoms with E-state index < -0.39 is 0 Å². The summed E-state index contributed by atoms with van der Waals surface area (Å²) in [6.07, 6.45) is 6.47. The van der Waals surface area contributed by atoms with Crippen LogP contribution in [0.15, 0.2) is 48.5 Å². The van der Waals surface area contributed by atoms with Crippen molar-refractivity contribution in [1.82, 2.24) is 0 Å². The molecule has 5 heteroatoms. The third-order valence-electron chi connectivity index (χ3n) is 11.8. The molecule has 0 saturated heterocycles. The first-order valence-corrected chi connectivity index (χ1v) is 24.4. The fourth-order valence-electron chi connectivity index (χ4n) is 8.20. The molecule has 0 atom stereocenters. The van der Waals surface area contributed by atoms with Crippen LogP contribution in [0.2, 0.25) is 0 Å². The maximum absolute atomic E-state index is 7.01. The van der Waals surface area contributed by atoms with Crippen LogP contribution in [0.1, 0.15) is 196 Å². The molecule has 4 nitrogen and oxygen atoms in total.